The van der Waals surface area contributed by atoms with Gasteiger partial charge in [0.1, 0.15) is 4.90 Å². The lowest BCUT2D eigenvalue weighted by atomic mass is 9.78. The van der Waals surface area contributed by atoms with E-state index in [9.17, 15) is 13.2 Å². The molecule has 3 atom stereocenters. The molecule has 28 heavy (non-hydrogen) atoms. The van der Waals surface area contributed by atoms with Crippen LogP contribution in [-0.2, 0) is 19.6 Å². The van der Waals surface area contributed by atoms with Gasteiger partial charge in [0, 0.05) is 25.3 Å². The number of nitrogens with one attached hydrogen (secondary N) is 1. The summed E-state index contributed by atoms with van der Waals surface area (Å²) in [7, 11) is -3.54. The minimum atomic E-state index is -3.54. The van der Waals surface area contributed by atoms with E-state index in [4.69, 9.17) is 4.74 Å². The number of morpholine rings is 1. The summed E-state index contributed by atoms with van der Waals surface area (Å²) < 4.78 is 31.8. The number of carbonyl (C=O) groups excluding carboxylic acids is 1. The topological polar surface area (TPSA) is 88.6 Å². The maximum absolute atomic E-state index is 12.6. The minimum Gasteiger partial charge on any atom is -0.379 e. The van der Waals surface area contributed by atoms with Gasteiger partial charge in [0.25, 0.3) is 0 Å². The van der Waals surface area contributed by atoms with Gasteiger partial charge in [-0.25, -0.2) is 13.4 Å². The number of amides is 1. The third-order valence-electron chi connectivity index (χ3n) is 5.72. The smallest absolute Gasteiger partial charge is 0.244 e. The lowest BCUT2D eigenvalue weighted by Gasteiger charge is -2.34. The van der Waals surface area contributed by atoms with E-state index >= 15 is 0 Å². The van der Waals surface area contributed by atoms with E-state index in [1.807, 2.05) is 0 Å². The van der Waals surface area contributed by atoms with Crippen LogP contribution >= 0.6 is 11.8 Å². The van der Waals surface area contributed by atoms with Crippen molar-refractivity contribution in [3.63, 3.8) is 0 Å². The highest BCUT2D eigenvalue weighted by molar-refractivity contribution is 7.99. The van der Waals surface area contributed by atoms with Gasteiger partial charge in [-0.3, -0.25) is 4.79 Å². The van der Waals surface area contributed by atoms with Crippen molar-refractivity contribution in [3.05, 3.63) is 18.3 Å². The average molecular weight is 428 g/mol. The van der Waals surface area contributed by atoms with Crippen LogP contribution in [0.2, 0.25) is 0 Å². The molecule has 1 aromatic rings. The fourth-order valence-corrected chi connectivity index (χ4v) is 5.72. The largest absolute Gasteiger partial charge is 0.379 e. The molecule has 1 amide bonds. The van der Waals surface area contributed by atoms with Crippen LogP contribution in [0.4, 0.5) is 0 Å². The highest BCUT2D eigenvalue weighted by Gasteiger charge is 2.28. The van der Waals surface area contributed by atoms with Crippen LogP contribution in [0.15, 0.2) is 28.3 Å². The summed E-state index contributed by atoms with van der Waals surface area (Å²) in [4.78, 5) is 16.7. The number of sulfonamides is 1. The summed E-state index contributed by atoms with van der Waals surface area (Å²) in [6.45, 7) is 5.99. The first-order valence-corrected chi connectivity index (χ1v) is 12.3. The zero-order chi connectivity index (χ0) is 20.1. The number of nitrogens with zero attached hydrogens (tertiary/aromatic N) is 2. The van der Waals surface area contributed by atoms with E-state index in [-0.39, 0.29) is 22.6 Å². The predicted octanol–water partition coefficient (Wildman–Crippen LogP) is 2.14. The Balaban J connectivity index is 1.52. The maximum atomic E-state index is 12.6. The van der Waals surface area contributed by atoms with E-state index in [1.54, 1.807) is 12.1 Å². The average Bonchev–Trinajstić information content (AvgIpc) is 2.71. The molecule has 1 aliphatic heterocycles. The number of thioether (sulfide) groups is 1. The molecule has 1 saturated heterocycles. The molecule has 2 fully saturated rings. The molecule has 0 aromatic carbocycles. The fraction of sp³-hybridized carbons (Fsp3) is 0.684. The van der Waals surface area contributed by atoms with Crippen molar-refractivity contribution in [3.8, 4) is 0 Å². The summed E-state index contributed by atoms with van der Waals surface area (Å²) in [5.41, 5.74) is 0. The zero-order valence-electron chi connectivity index (χ0n) is 16.5. The Morgan fingerprint density at radius 1 is 1.29 bits per heavy atom. The number of ether oxygens (including phenoxy) is 1. The third-order valence-corrected chi connectivity index (χ3v) is 8.55. The standard InChI is InChI=1S/C19H29N3O4S2/c1-14-4-3-5-17(15(14)2)21-18(23)13-27-19-7-6-16(12-20-19)28(24,25)22-8-10-26-11-9-22/h6-7,12,14-15,17H,3-5,8-11,13H2,1-2H3,(H,21,23). The SMILES string of the molecule is CC1CCCC(NC(=O)CSc2ccc(S(=O)(=O)N3CCOCC3)cn2)C1C. The molecule has 156 valence electrons. The summed E-state index contributed by atoms with van der Waals surface area (Å²) in [6.07, 6.45) is 4.79. The molecule has 1 saturated carbocycles. The first-order valence-electron chi connectivity index (χ1n) is 9.84. The molecule has 0 radical (unpaired) electrons. The van der Waals surface area contributed by atoms with Gasteiger partial charge >= 0.3 is 0 Å². The number of carbonyl (C=O) groups is 1. The van der Waals surface area contributed by atoms with Crippen molar-refractivity contribution in [2.45, 2.75) is 49.1 Å². The number of pyridine rings is 1. The Morgan fingerprint density at radius 3 is 2.71 bits per heavy atom. The van der Waals surface area contributed by atoms with Crippen LogP contribution in [0, 0.1) is 11.8 Å². The normalized spacial score (nSPS) is 26.7. The van der Waals surface area contributed by atoms with Crippen molar-refractivity contribution in [1.82, 2.24) is 14.6 Å². The van der Waals surface area contributed by atoms with Gasteiger partial charge in [0.15, 0.2) is 0 Å². The van der Waals surface area contributed by atoms with Crippen LogP contribution in [-0.4, -0.2) is 61.7 Å². The van der Waals surface area contributed by atoms with Gasteiger partial charge in [-0.15, -0.1) is 0 Å². The molecule has 1 N–H and O–H groups in total. The van der Waals surface area contributed by atoms with Gasteiger partial charge in [0.05, 0.1) is 24.0 Å². The van der Waals surface area contributed by atoms with Crippen molar-refractivity contribution in [1.29, 1.82) is 0 Å². The van der Waals surface area contributed by atoms with E-state index in [0.29, 0.717) is 43.2 Å². The maximum Gasteiger partial charge on any atom is 0.244 e. The predicted molar refractivity (Wildman–Crippen MR) is 109 cm³/mol. The zero-order valence-corrected chi connectivity index (χ0v) is 18.1. The van der Waals surface area contributed by atoms with E-state index < -0.39 is 10.0 Å². The van der Waals surface area contributed by atoms with Gasteiger partial charge in [-0.2, -0.15) is 4.31 Å². The van der Waals surface area contributed by atoms with Crippen LogP contribution < -0.4 is 5.32 Å². The Hall–Kier alpha value is -1.16. The molecule has 1 aliphatic carbocycles. The second kappa shape index (κ2) is 9.56. The van der Waals surface area contributed by atoms with Gasteiger partial charge in [-0.05, 0) is 30.4 Å². The molecular weight excluding hydrogens is 398 g/mol. The summed E-state index contributed by atoms with van der Waals surface area (Å²) in [6, 6.07) is 3.46. The first-order chi connectivity index (χ1) is 13.4. The van der Waals surface area contributed by atoms with Gasteiger partial charge in [-0.1, -0.05) is 38.5 Å². The van der Waals surface area contributed by atoms with Crippen molar-refractivity contribution in [2.24, 2.45) is 11.8 Å². The van der Waals surface area contributed by atoms with Gasteiger partial charge < -0.3 is 10.1 Å². The summed E-state index contributed by atoms with van der Waals surface area (Å²) in [5.74, 6) is 1.41. The molecule has 7 nitrogen and oxygen atoms in total. The Morgan fingerprint density at radius 2 is 2.04 bits per heavy atom. The van der Waals surface area contributed by atoms with Crippen molar-refractivity contribution in [2.75, 3.05) is 32.1 Å². The fourth-order valence-electron chi connectivity index (χ4n) is 3.71. The highest BCUT2D eigenvalue weighted by Crippen LogP contribution is 2.29. The molecule has 0 spiro atoms. The lowest BCUT2D eigenvalue weighted by Crippen LogP contribution is -2.44. The first kappa shape index (κ1) is 21.5. The third kappa shape index (κ3) is 5.25. The molecule has 2 aliphatic rings. The number of hydrogen-bond acceptors (Lipinski definition) is 6. The molecule has 3 unspecified atom stereocenters. The monoisotopic (exact) mass is 427 g/mol. The number of hydrogen-bond donors (Lipinski definition) is 1. The van der Waals surface area contributed by atoms with E-state index in [1.165, 1.54) is 28.7 Å². The Labute approximate surface area is 171 Å². The molecule has 3 rings (SSSR count). The van der Waals surface area contributed by atoms with Crippen LogP contribution in [0.5, 0.6) is 0 Å². The van der Waals surface area contributed by atoms with E-state index in [0.717, 1.165) is 12.8 Å². The lowest BCUT2D eigenvalue weighted by molar-refractivity contribution is -0.120. The molecule has 9 heteroatoms. The highest BCUT2D eigenvalue weighted by atomic mass is 32.2. The quantitative estimate of drug-likeness (QED) is 0.700. The summed E-state index contributed by atoms with van der Waals surface area (Å²) in [5, 5.41) is 3.79. The van der Waals surface area contributed by atoms with E-state index in [2.05, 4.69) is 24.1 Å². The molecular formula is C19H29N3O4S2. The van der Waals surface area contributed by atoms with Crippen molar-refractivity contribution >= 4 is 27.7 Å². The van der Waals surface area contributed by atoms with Gasteiger partial charge in [0.2, 0.25) is 15.9 Å². The molecule has 2 heterocycles. The minimum absolute atomic E-state index is 0.00256. The second-order valence-corrected chi connectivity index (χ2v) is 10.5. The number of aromatic nitrogens is 1. The molecule has 0 bridgehead atoms. The van der Waals surface area contributed by atoms with Crippen LogP contribution in [0.25, 0.3) is 0 Å². The van der Waals surface area contributed by atoms with Crippen LogP contribution in [0.1, 0.15) is 33.1 Å². The van der Waals surface area contributed by atoms with Crippen molar-refractivity contribution < 1.29 is 17.9 Å². The Kier molecular flexibility index (Phi) is 7.36. The summed E-state index contributed by atoms with van der Waals surface area (Å²) >= 11 is 1.32. The Bertz CT molecular complexity index is 764. The second-order valence-electron chi connectivity index (χ2n) is 7.58. The number of rotatable bonds is 6. The van der Waals surface area contributed by atoms with Crippen LogP contribution in [0.3, 0.4) is 0 Å². The molecule has 1 aromatic heterocycles.